The Labute approximate surface area is 255 Å². The van der Waals surface area contributed by atoms with Gasteiger partial charge in [0.2, 0.25) is 0 Å². The van der Waals surface area contributed by atoms with E-state index in [-0.39, 0.29) is 24.6 Å². The molecule has 1 aromatic heterocycles. The molecule has 2 aliphatic heterocycles. The second-order valence-electron chi connectivity index (χ2n) is 12.6. The molecule has 1 amide bonds. The van der Waals surface area contributed by atoms with E-state index < -0.39 is 5.60 Å². The van der Waals surface area contributed by atoms with Gasteiger partial charge in [-0.15, -0.1) is 0 Å². The quantitative estimate of drug-likeness (QED) is 0.319. The van der Waals surface area contributed by atoms with Gasteiger partial charge in [0.1, 0.15) is 11.7 Å². The van der Waals surface area contributed by atoms with Gasteiger partial charge in [0.15, 0.2) is 0 Å². The third kappa shape index (κ3) is 7.12. The fourth-order valence-electron chi connectivity index (χ4n) is 6.43. The lowest BCUT2D eigenvalue weighted by molar-refractivity contribution is -0.142. The van der Waals surface area contributed by atoms with Crippen LogP contribution in [0.1, 0.15) is 83.8 Å². The van der Waals surface area contributed by atoms with E-state index in [9.17, 15) is 9.59 Å². The van der Waals surface area contributed by atoms with Crippen molar-refractivity contribution in [2.75, 3.05) is 19.7 Å². The van der Waals surface area contributed by atoms with Crippen LogP contribution >= 0.6 is 0 Å². The van der Waals surface area contributed by atoms with Crippen LogP contribution in [-0.4, -0.2) is 64.4 Å². The number of hydrogen-bond donors (Lipinski definition) is 1. The van der Waals surface area contributed by atoms with Gasteiger partial charge >= 0.3 is 6.09 Å². The Balaban J connectivity index is 0.000000798. The number of carboxylic acid groups (broad SMARTS) is 1. The highest BCUT2D eigenvalue weighted by Gasteiger charge is 2.55. The third-order valence-corrected chi connectivity index (χ3v) is 8.61. The number of benzene rings is 2. The molecule has 2 atom stereocenters. The Hall–Kier alpha value is -3.65. The fourth-order valence-corrected chi connectivity index (χ4v) is 6.43. The number of hydrogen-bond acceptors (Lipinski definition) is 5. The van der Waals surface area contributed by atoms with Crippen molar-refractivity contribution in [2.24, 2.45) is 5.41 Å². The van der Waals surface area contributed by atoms with E-state index in [1.165, 1.54) is 12.0 Å². The first kappa shape index (κ1) is 32.3. The molecule has 6 rings (SSSR count). The molecule has 1 saturated carbocycles. The van der Waals surface area contributed by atoms with Crippen molar-refractivity contribution < 1.29 is 29.0 Å². The van der Waals surface area contributed by atoms with Gasteiger partial charge in [-0.05, 0) is 100.0 Å². The Kier molecular flexibility index (Phi) is 10.0. The van der Waals surface area contributed by atoms with E-state index in [2.05, 4.69) is 42.5 Å². The molecular formula is C35H46N2O6. The number of carbonyl (C=O) groups excluding carboxylic acids is 2. The monoisotopic (exact) mass is 590 g/mol. The third-order valence-electron chi connectivity index (χ3n) is 8.61. The van der Waals surface area contributed by atoms with Crippen molar-refractivity contribution in [2.45, 2.75) is 91.3 Å². The van der Waals surface area contributed by atoms with Gasteiger partial charge in [-0.25, -0.2) is 9.36 Å². The molecule has 1 aliphatic carbocycles. The first-order chi connectivity index (χ1) is 20.5. The van der Waals surface area contributed by atoms with Crippen LogP contribution in [0.5, 0.6) is 0 Å². The summed E-state index contributed by atoms with van der Waals surface area (Å²) in [6.45, 7) is 13.9. The summed E-state index contributed by atoms with van der Waals surface area (Å²) in [6.07, 6.45) is 4.58. The normalized spacial score (nSPS) is 20.5. The lowest BCUT2D eigenvalue weighted by Gasteiger charge is -2.34. The Morgan fingerprint density at radius 1 is 1.05 bits per heavy atom. The van der Waals surface area contributed by atoms with E-state index >= 15 is 0 Å². The summed E-state index contributed by atoms with van der Waals surface area (Å²) in [6, 6.07) is 17.0. The Morgan fingerprint density at radius 2 is 1.70 bits per heavy atom. The van der Waals surface area contributed by atoms with E-state index in [1.807, 2.05) is 52.5 Å². The first-order valence-electron chi connectivity index (χ1n) is 15.5. The highest BCUT2D eigenvalue weighted by Crippen LogP contribution is 2.65. The lowest BCUT2D eigenvalue weighted by atomic mass is 9.88. The molecule has 0 bridgehead atoms. The van der Waals surface area contributed by atoms with E-state index in [4.69, 9.17) is 19.4 Å². The predicted molar refractivity (Wildman–Crippen MR) is 168 cm³/mol. The number of likely N-dealkylation sites (tertiary alicyclic amines) is 1. The summed E-state index contributed by atoms with van der Waals surface area (Å²) >= 11 is 0. The zero-order valence-corrected chi connectivity index (χ0v) is 26.4. The van der Waals surface area contributed by atoms with Gasteiger partial charge in [0, 0.05) is 25.1 Å². The number of rotatable bonds is 3. The Morgan fingerprint density at radius 3 is 2.28 bits per heavy atom. The molecule has 3 heterocycles. The molecule has 3 aromatic rings. The highest BCUT2D eigenvalue weighted by atomic mass is 16.6. The largest absolute Gasteiger partial charge is 0.483 e. The molecule has 1 N–H and O–H groups in total. The van der Waals surface area contributed by atoms with Crippen LogP contribution in [0.25, 0.3) is 22.2 Å². The number of fused-ring (bicyclic) bond motifs is 1. The minimum atomic E-state index is -0.580. The van der Waals surface area contributed by atoms with Gasteiger partial charge < -0.3 is 19.5 Å². The van der Waals surface area contributed by atoms with Crippen molar-refractivity contribution >= 4 is 29.4 Å². The van der Waals surface area contributed by atoms with E-state index in [1.54, 1.807) is 4.57 Å². The van der Waals surface area contributed by atoms with Crippen molar-refractivity contribution in [3.05, 3.63) is 59.7 Å². The number of ether oxygens (including phenoxy) is 2. The summed E-state index contributed by atoms with van der Waals surface area (Å²) in [5.41, 5.74) is 4.90. The maximum absolute atomic E-state index is 13.3. The molecule has 8 nitrogen and oxygen atoms in total. The number of aromatic nitrogens is 1. The molecule has 2 unspecified atom stereocenters. The van der Waals surface area contributed by atoms with Crippen molar-refractivity contribution in [3.63, 3.8) is 0 Å². The summed E-state index contributed by atoms with van der Waals surface area (Å²) in [5.74, 6) is 0.727. The number of piperidine rings is 1. The van der Waals surface area contributed by atoms with Gasteiger partial charge in [0.05, 0.1) is 11.2 Å². The molecule has 0 radical (unpaired) electrons. The van der Waals surface area contributed by atoms with Crippen molar-refractivity contribution in [3.8, 4) is 11.3 Å². The van der Waals surface area contributed by atoms with E-state index in [0.717, 1.165) is 66.5 Å². The summed E-state index contributed by atoms with van der Waals surface area (Å²) in [5, 5.41) is 7.91. The lowest BCUT2D eigenvalue weighted by Crippen LogP contribution is -2.44. The molecule has 3 fully saturated rings. The van der Waals surface area contributed by atoms with Crippen molar-refractivity contribution in [1.29, 1.82) is 0 Å². The average Bonchev–Trinajstić information content (AvgIpc) is 3.31. The molecule has 3 aliphatic rings. The Bertz CT molecular complexity index is 1420. The van der Waals surface area contributed by atoms with Gasteiger partial charge in [-0.2, -0.15) is 0 Å². The smallest absolute Gasteiger partial charge is 0.419 e. The molecular weight excluding hydrogens is 544 g/mol. The number of aryl methyl sites for hydroxylation is 1. The van der Waals surface area contributed by atoms with Crippen LogP contribution < -0.4 is 0 Å². The zero-order chi connectivity index (χ0) is 31.4. The average molecular weight is 591 g/mol. The van der Waals surface area contributed by atoms with Crippen LogP contribution in [0.3, 0.4) is 0 Å². The van der Waals surface area contributed by atoms with Gasteiger partial charge in [0.25, 0.3) is 12.4 Å². The first-order valence-corrected chi connectivity index (χ1v) is 15.5. The van der Waals surface area contributed by atoms with Gasteiger partial charge in [-0.3, -0.25) is 9.59 Å². The van der Waals surface area contributed by atoms with Crippen LogP contribution in [0, 0.1) is 12.3 Å². The molecule has 2 saturated heterocycles. The van der Waals surface area contributed by atoms with Crippen LogP contribution in [0.2, 0.25) is 0 Å². The predicted octanol–water partition coefficient (Wildman–Crippen LogP) is 7.40. The molecule has 2 aromatic carbocycles. The molecule has 43 heavy (non-hydrogen) atoms. The van der Waals surface area contributed by atoms with Crippen LogP contribution in [0.4, 0.5) is 4.79 Å². The SMILES string of the molecule is CC.Cc1ccc2cc(-c3ccc(C4CC45CCN(C(=O)C4CCCO4)CC5)cc3)n(C(=O)OC(C)(C)C)c2c1.O=CO. The van der Waals surface area contributed by atoms with E-state index in [0.29, 0.717) is 17.9 Å². The maximum Gasteiger partial charge on any atom is 0.419 e. The standard InChI is InChI=1S/C32H38N2O4.C2H6.CH2O2/c1-21-7-8-24-19-27(34(26(24)18-21)30(36)38-31(2,3)4)23-11-9-22(10-12-23)25-20-32(25)13-15-33(16-14-32)29(35)28-6-5-17-37-28;1-2;2-1-3/h7-12,18-19,25,28H,5-6,13-17,20H2,1-4H3;1-2H3;1H,(H,2,3). The molecule has 1 spiro atoms. The maximum atomic E-state index is 13.3. The summed E-state index contributed by atoms with van der Waals surface area (Å²) in [4.78, 5) is 36.4. The minimum absolute atomic E-state index is 0.189. The summed E-state index contributed by atoms with van der Waals surface area (Å²) in [7, 11) is 0. The second kappa shape index (κ2) is 13.3. The number of nitrogens with zero attached hydrogens (tertiary/aromatic N) is 2. The highest BCUT2D eigenvalue weighted by molar-refractivity contribution is 5.96. The summed E-state index contributed by atoms with van der Waals surface area (Å²) < 4.78 is 13.1. The zero-order valence-electron chi connectivity index (χ0n) is 26.4. The minimum Gasteiger partial charge on any atom is -0.483 e. The van der Waals surface area contributed by atoms with Crippen LogP contribution in [-0.2, 0) is 19.1 Å². The second-order valence-corrected chi connectivity index (χ2v) is 12.6. The molecule has 232 valence electrons. The fraction of sp³-hybridized carbons (Fsp3) is 0.514. The molecule has 8 heteroatoms. The van der Waals surface area contributed by atoms with Gasteiger partial charge in [-0.1, -0.05) is 50.2 Å². The number of amides is 1. The topological polar surface area (TPSA) is 98.1 Å². The number of carbonyl (C=O) groups is 3. The van der Waals surface area contributed by atoms with Crippen LogP contribution in [0.15, 0.2) is 48.5 Å². The van der Waals surface area contributed by atoms with Crippen molar-refractivity contribution in [1.82, 2.24) is 9.47 Å².